The Bertz CT molecular complexity index is 4120. The van der Waals surface area contributed by atoms with Gasteiger partial charge < -0.3 is 75.1 Å². The molecule has 6 aromatic rings. The minimum Gasteiger partial charge on any atom is -0.491 e. The number of hydrogen-bond donors (Lipinski definition) is 12. The number of rotatable bonds is 26. The second-order valence-electron chi connectivity index (χ2n) is 26.3. The van der Waals surface area contributed by atoms with Crippen LogP contribution in [0.15, 0.2) is 91.4 Å². The van der Waals surface area contributed by atoms with E-state index in [9.17, 15) is 88.7 Å². The van der Waals surface area contributed by atoms with Gasteiger partial charge in [-0.1, -0.05) is 6.92 Å². The Morgan fingerprint density at radius 3 is 1.18 bits per heavy atom. The number of amides is 7. The summed E-state index contributed by atoms with van der Waals surface area (Å²) in [5.74, 6) is -2.96. The van der Waals surface area contributed by atoms with Crippen molar-refractivity contribution < 1.29 is 123 Å². The van der Waals surface area contributed by atoms with Crippen molar-refractivity contribution in [1.82, 2.24) is 35.2 Å². The van der Waals surface area contributed by atoms with Gasteiger partial charge in [-0.25, -0.2) is 44.3 Å². The van der Waals surface area contributed by atoms with Crippen LogP contribution in [0.5, 0.6) is 17.2 Å². The molecule has 6 bridgehead atoms. The van der Waals surface area contributed by atoms with Crippen molar-refractivity contribution in [3.8, 4) is 17.2 Å². The third-order valence-electron chi connectivity index (χ3n) is 18.4. The number of ketones is 2. The lowest BCUT2D eigenvalue weighted by Gasteiger charge is -2.35. The van der Waals surface area contributed by atoms with E-state index in [1.807, 2.05) is 20.0 Å². The van der Waals surface area contributed by atoms with E-state index in [1.165, 1.54) is 94.8 Å². The zero-order valence-corrected chi connectivity index (χ0v) is 59.0. The van der Waals surface area contributed by atoms with Crippen LogP contribution in [-0.4, -0.2) is 259 Å². The van der Waals surface area contributed by atoms with Crippen molar-refractivity contribution in [2.45, 2.75) is 119 Å². The van der Waals surface area contributed by atoms with Gasteiger partial charge >= 0.3 is 36.6 Å². The number of carbonyl (C=O) groups excluding carboxylic acids is 6. The number of halogens is 9. The fourth-order valence-electron chi connectivity index (χ4n) is 12.6. The number of aliphatic hydroxyl groups excluding tert-OH is 8. The van der Waals surface area contributed by atoms with Crippen LogP contribution in [0, 0.1) is 5.92 Å². The highest BCUT2D eigenvalue weighted by molar-refractivity contribution is 6.07. The van der Waals surface area contributed by atoms with E-state index >= 15 is 0 Å². The lowest BCUT2D eigenvalue weighted by molar-refractivity contribution is -0.205. The summed E-state index contributed by atoms with van der Waals surface area (Å²) in [5, 5.41) is 83.3. The Morgan fingerprint density at radius 2 is 0.847 bits per heavy atom. The van der Waals surface area contributed by atoms with Gasteiger partial charge in [-0.15, -0.1) is 0 Å². The summed E-state index contributed by atoms with van der Waals surface area (Å²) in [6.07, 6.45) is -16.6. The number of alkyl halides is 9. The number of ether oxygens (including phenoxy) is 3. The average molecular weight is 1580 g/mol. The van der Waals surface area contributed by atoms with Gasteiger partial charge in [-0.05, 0) is 86.7 Å². The van der Waals surface area contributed by atoms with Gasteiger partial charge in [-0.2, -0.15) is 39.5 Å². The maximum atomic E-state index is 13.3. The summed E-state index contributed by atoms with van der Waals surface area (Å²) in [7, 11) is 0. The summed E-state index contributed by atoms with van der Waals surface area (Å²) in [6, 6.07) is 13.1. The van der Waals surface area contributed by atoms with Crippen LogP contribution < -0.4 is 64.9 Å². The Kier molecular flexibility index (Phi) is 26.9. The van der Waals surface area contributed by atoms with Crippen LogP contribution in [0.2, 0.25) is 0 Å². The Balaban J connectivity index is 0.000000177. The van der Waals surface area contributed by atoms with E-state index in [0.29, 0.717) is 87.1 Å². The Labute approximate surface area is 625 Å². The molecule has 12 N–H and O–H groups in total. The topological polar surface area (TPSA) is 437 Å². The predicted molar refractivity (Wildman–Crippen MR) is 376 cm³/mol. The van der Waals surface area contributed by atoms with Gasteiger partial charge in [0.25, 0.3) is 5.91 Å². The molecule has 9 atom stereocenters. The monoisotopic (exact) mass is 1570 g/mol. The van der Waals surface area contributed by atoms with Crippen LogP contribution in [0.3, 0.4) is 0 Å². The number of urea groups is 3. The fraction of sp³-hybridized carbons (Fsp3) is 0.478. The maximum Gasteiger partial charge on any atom is 0.414 e. The molecule has 6 aliphatic rings. The number of aromatic nitrogens is 6. The molecule has 7 amide bonds. The molecular weight excluding hydrogens is 1500 g/mol. The van der Waals surface area contributed by atoms with Crippen molar-refractivity contribution in [2.24, 2.45) is 5.92 Å². The van der Waals surface area contributed by atoms with Crippen molar-refractivity contribution in [1.29, 1.82) is 0 Å². The van der Waals surface area contributed by atoms with Gasteiger partial charge in [0.2, 0.25) is 0 Å². The average Bonchev–Trinajstić information content (AvgIpc) is 1.68. The van der Waals surface area contributed by atoms with Gasteiger partial charge in [0, 0.05) is 88.9 Å². The molecular formula is C69H79F9N16O17. The second kappa shape index (κ2) is 36.0. The third-order valence-corrected chi connectivity index (χ3v) is 18.4. The quantitative estimate of drug-likeness (QED) is 0.0245. The summed E-state index contributed by atoms with van der Waals surface area (Å²) in [4.78, 5) is 113. The summed E-state index contributed by atoms with van der Waals surface area (Å²) in [6.45, 7) is 1.73. The molecule has 600 valence electrons. The highest BCUT2D eigenvalue weighted by atomic mass is 19.4. The number of carbonyl (C=O) groups is 6. The first-order chi connectivity index (χ1) is 52.8. The molecule has 6 aromatic heterocycles. The minimum absolute atomic E-state index is 0.107. The van der Waals surface area contributed by atoms with Gasteiger partial charge in [0.1, 0.15) is 102 Å². The van der Waals surface area contributed by atoms with Crippen LogP contribution in [0.25, 0.3) is 0 Å². The van der Waals surface area contributed by atoms with Gasteiger partial charge in [0.15, 0.2) is 29.0 Å². The van der Waals surface area contributed by atoms with E-state index in [2.05, 4.69) is 45.9 Å². The zero-order chi connectivity index (χ0) is 80.2. The number of nitrogens with zero attached hydrogens (tertiary/aromatic N) is 12. The van der Waals surface area contributed by atoms with E-state index in [4.69, 9.17) is 34.6 Å². The second-order valence-corrected chi connectivity index (χ2v) is 26.3. The zero-order valence-electron chi connectivity index (χ0n) is 59.0. The molecule has 6 aliphatic heterocycles. The van der Waals surface area contributed by atoms with Crippen LogP contribution in [0.1, 0.15) is 83.3 Å². The summed E-state index contributed by atoms with van der Waals surface area (Å²) >= 11 is 0. The molecule has 3 fully saturated rings. The summed E-state index contributed by atoms with van der Waals surface area (Å²) < 4.78 is 132. The van der Waals surface area contributed by atoms with E-state index < -0.39 is 136 Å². The van der Waals surface area contributed by atoms with Crippen molar-refractivity contribution in [3.05, 3.63) is 108 Å². The van der Waals surface area contributed by atoms with Crippen LogP contribution >= 0.6 is 0 Å². The van der Waals surface area contributed by atoms with Crippen LogP contribution in [0.4, 0.5) is 106 Å². The smallest absolute Gasteiger partial charge is 0.414 e. The molecule has 12 heterocycles. The van der Waals surface area contributed by atoms with E-state index in [1.54, 1.807) is 18.2 Å². The van der Waals surface area contributed by atoms with Gasteiger partial charge in [-0.3, -0.25) is 45.0 Å². The molecule has 0 aromatic carbocycles. The fourth-order valence-corrected chi connectivity index (χ4v) is 12.6. The maximum absolute atomic E-state index is 13.3. The predicted octanol–water partition coefficient (Wildman–Crippen LogP) is 5.22. The molecule has 42 heteroatoms. The van der Waals surface area contributed by atoms with Crippen LogP contribution in [-0.2, 0) is 0 Å². The third kappa shape index (κ3) is 20.7. The van der Waals surface area contributed by atoms with Crippen molar-refractivity contribution in [2.75, 3.05) is 131 Å². The minimum atomic E-state index is -4.82. The number of hydrogen-bond acceptors (Lipinski definition) is 26. The molecule has 0 unspecified atom stereocenters. The highest BCUT2D eigenvalue weighted by Gasteiger charge is 2.47. The Morgan fingerprint density at radius 1 is 0.486 bits per heavy atom. The lowest BCUT2D eigenvalue weighted by Crippen LogP contribution is -2.49. The highest BCUT2D eigenvalue weighted by Crippen LogP contribution is 2.43. The number of pyridine rings is 6. The number of fused-ring (bicyclic) bond motifs is 12. The largest absolute Gasteiger partial charge is 0.491 e. The first-order valence-corrected chi connectivity index (χ1v) is 34.9. The first-order valence-electron chi connectivity index (χ1n) is 34.9. The molecule has 3 saturated heterocycles. The first kappa shape index (κ1) is 82.9. The number of aliphatic hydroxyl groups is 8. The molecule has 33 nitrogen and oxygen atoms in total. The molecule has 12 rings (SSSR count). The van der Waals surface area contributed by atoms with E-state index in [0.717, 1.165) is 0 Å². The number of anilines is 9. The SMILES string of the molecule is CC[C@@H](NC(=O)c1ccc2c(n1)N(C(=O)Nc1cc(OC[C@H](O)CO)ccn1)[C@H]1CCN2C1)C(F)(F)F.O=C(CC[C@H](O)C(F)(F)F)c1ccc2c(n1)N(C(=O)Nc1cc(OC[C@H](O)CO)ccn1)[C@H]1CCN2C1.O=C(C[C@H](CO)C(F)(F)F)c1ccc2c(n1)N(C(=O)Nc1cc(OC[C@H](O)CO)ccn1)[C@H]1CCN2C1. The van der Waals surface area contributed by atoms with Crippen molar-refractivity contribution >= 4 is 87.5 Å². The lowest BCUT2D eigenvalue weighted by atomic mass is 10.0. The van der Waals surface area contributed by atoms with Gasteiger partial charge in [0.05, 0.1) is 67.5 Å². The standard InChI is InChI=1S/C23H27F3N6O5.2C23H26F3N5O6/c1-2-18(23(24,25)26)29-21(35)16-3-4-17-20(28-16)32(13-6-8-31(17)10-13)22(36)30-19-9-15(5-7-27-19)37-12-14(34)11-33;24-23(25,26)13(10-32)7-19(35)17-1-2-18-21(28-17)31(14-4-6-30(18)9-14)22(36)29-20-8-16(3-5-27-20)37-12-15(34)11-33;24-23(25,26)19(35)4-3-18(34)16-1-2-17-21(28-16)31(13-6-8-30(17)10-13)22(36)29-20-9-15(5-7-27-20)37-12-14(33)11-32/h3-5,7,9,13-14,18,33-34H,2,6,8,10-12H2,1H3,(H,29,35)(H,27,30,36);1-3,5,8,13-15,32-34H,4,6-7,9-12H2,(H,27,29,36);1-2,5,7,9,13-14,19,32-33,35H,3-4,6,8,10-12H2,(H,27,29,36)/t13-,14+,18+;13-,14+,15-;13-,14+,19-/m010/s1. The Hall–Kier alpha value is -10.6. The molecule has 0 radical (unpaired) electrons. The molecule has 111 heavy (non-hydrogen) atoms. The van der Waals surface area contributed by atoms with E-state index in [-0.39, 0.29) is 102 Å². The summed E-state index contributed by atoms with van der Waals surface area (Å²) in [5.41, 5.74) is 1.18. The normalized spacial score (nSPS) is 18.2. The number of nitrogens with one attached hydrogen (secondary N) is 4. The molecule has 0 saturated carbocycles. The molecule has 0 spiro atoms. The molecule has 0 aliphatic carbocycles. The number of Topliss-reactive ketones (excluding diaryl/α,β-unsaturated/α-hetero) is 2. The van der Waals surface area contributed by atoms with Crippen molar-refractivity contribution in [3.63, 3.8) is 0 Å².